The third-order valence-electron chi connectivity index (χ3n) is 4.78. The Bertz CT molecular complexity index is 826. The molecule has 0 saturated carbocycles. The molecule has 2 amide bonds. The van der Waals surface area contributed by atoms with Crippen LogP contribution < -0.4 is 16.0 Å². The van der Waals surface area contributed by atoms with E-state index in [-0.39, 0.29) is 6.61 Å². The normalized spacial score (nSPS) is 13.6. The average molecular weight is 396 g/mol. The number of hydrogen-bond donors (Lipinski definition) is 3. The molecule has 154 valence electrons. The van der Waals surface area contributed by atoms with Crippen molar-refractivity contribution in [2.75, 3.05) is 25.0 Å². The zero-order valence-corrected chi connectivity index (χ0v) is 16.7. The molecule has 7 heteroatoms. The summed E-state index contributed by atoms with van der Waals surface area (Å²) in [5.41, 5.74) is 3.12. The predicted octanol–water partition coefficient (Wildman–Crippen LogP) is 2.46. The number of aromatic nitrogens is 1. The van der Waals surface area contributed by atoms with Crippen LogP contribution in [0.3, 0.4) is 0 Å². The summed E-state index contributed by atoms with van der Waals surface area (Å²) in [6, 6.07) is 12.5. The summed E-state index contributed by atoms with van der Waals surface area (Å²) in [5.74, 6) is 0.511. The number of amides is 2. The van der Waals surface area contributed by atoms with Crippen molar-refractivity contribution in [3.8, 4) is 0 Å². The van der Waals surface area contributed by atoms with Gasteiger partial charge in [0.05, 0.1) is 6.61 Å². The summed E-state index contributed by atoms with van der Waals surface area (Å²) in [4.78, 5) is 29.2. The standard InChI is InChI=1S/C22H28N4O3/c1-2-29-21(27)19(15-16-7-4-3-5-8-16)26-22(28)24-14-12-18-11-10-17-9-6-13-23-20(17)25-18/h3-5,7-8,10-11,19H,2,6,9,12-15H2,1H3,(H,23,25)(H2,24,26,28). The van der Waals surface area contributed by atoms with E-state index in [0.29, 0.717) is 19.4 Å². The summed E-state index contributed by atoms with van der Waals surface area (Å²) in [5, 5.41) is 8.85. The Labute approximate surface area is 171 Å². The minimum atomic E-state index is -0.733. The number of pyridine rings is 1. The van der Waals surface area contributed by atoms with E-state index in [1.54, 1.807) is 6.92 Å². The van der Waals surface area contributed by atoms with E-state index in [0.717, 1.165) is 36.5 Å². The van der Waals surface area contributed by atoms with Crippen LogP contribution in [0.5, 0.6) is 0 Å². The van der Waals surface area contributed by atoms with E-state index in [9.17, 15) is 9.59 Å². The molecular formula is C22H28N4O3. The van der Waals surface area contributed by atoms with E-state index >= 15 is 0 Å². The Hall–Kier alpha value is -3.09. The molecule has 1 aliphatic rings. The van der Waals surface area contributed by atoms with Gasteiger partial charge in [-0.2, -0.15) is 0 Å². The average Bonchev–Trinajstić information content (AvgIpc) is 2.74. The second kappa shape index (κ2) is 10.5. The lowest BCUT2D eigenvalue weighted by atomic mass is 10.1. The molecule has 1 aromatic heterocycles. The number of rotatable bonds is 8. The molecule has 2 aromatic rings. The number of nitrogens with one attached hydrogen (secondary N) is 3. The number of fused-ring (bicyclic) bond motifs is 1. The molecule has 0 saturated heterocycles. The van der Waals surface area contributed by atoms with E-state index < -0.39 is 18.0 Å². The molecule has 0 aliphatic carbocycles. The molecule has 1 atom stereocenters. The van der Waals surface area contributed by atoms with Gasteiger partial charge in [-0.3, -0.25) is 0 Å². The highest BCUT2D eigenvalue weighted by atomic mass is 16.5. The van der Waals surface area contributed by atoms with Crippen molar-refractivity contribution in [2.45, 2.75) is 38.6 Å². The Kier molecular flexibility index (Phi) is 7.44. The fourth-order valence-electron chi connectivity index (χ4n) is 3.31. The first kappa shape index (κ1) is 20.6. The van der Waals surface area contributed by atoms with Crippen LogP contribution in [-0.4, -0.2) is 42.7 Å². The zero-order valence-electron chi connectivity index (χ0n) is 16.7. The predicted molar refractivity (Wildman–Crippen MR) is 112 cm³/mol. The summed E-state index contributed by atoms with van der Waals surface area (Å²) >= 11 is 0. The van der Waals surface area contributed by atoms with Gasteiger partial charge in [-0.05, 0) is 37.0 Å². The number of urea groups is 1. The number of benzene rings is 1. The van der Waals surface area contributed by atoms with Gasteiger partial charge in [0, 0.05) is 31.6 Å². The number of carbonyl (C=O) groups is 2. The minimum absolute atomic E-state index is 0.269. The van der Waals surface area contributed by atoms with Gasteiger partial charge in [0.25, 0.3) is 0 Å². The zero-order chi connectivity index (χ0) is 20.5. The lowest BCUT2D eigenvalue weighted by Gasteiger charge is -2.18. The number of anilines is 1. The Morgan fingerprint density at radius 3 is 2.83 bits per heavy atom. The van der Waals surface area contributed by atoms with Gasteiger partial charge in [-0.15, -0.1) is 0 Å². The largest absolute Gasteiger partial charge is 0.464 e. The van der Waals surface area contributed by atoms with Crippen LogP contribution in [-0.2, 0) is 28.8 Å². The number of esters is 1. The second-order valence-corrected chi connectivity index (χ2v) is 6.99. The first-order valence-corrected chi connectivity index (χ1v) is 10.1. The monoisotopic (exact) mass is 396 g/mol. The van der Waals surface area contributed by atoms with E-state index in [4.69, 9.17) is 4.74 Å². The molecule has 1 aromatic carbocycles. The summed E-state index contributed by atoms with van der Waals surface area (Å²) in [7, 11) is 0. The van der Waals surface area contributed by atoms with Crippen LogP contribution in [0.1, 0.15) is 30.2 Å². The number of aryl methyl sites for hydroxylation is 1. The maximum atomic E-state index is 12.3. The Morgan fingerprint density at radius 1 is 1.21 bits per heavy atom. The number of ether oxygens (including phenoxy) is 1. The highest BCUT2D eigenvalue weighted by molar-refractivity contribution is 5.83. The molecule has 0 fully saturated rings. The second-order valence-electron chi connectivity index (χ2n) is 6.99. The SMILES string of the molecule is CCOC(=O)C(Cc1ccccc1)NC(=O)NCCc1ccc2c(n1)NCCC2. The number of hydrogen-bond acceptors (Lipinski definition) is 5. The van der Waals surface area contributed by atoms with Crippen molar-refractivity contribution >= 4 is 17.8 Å². The fraction of sp³-hybridized carbons (Fsp3) is 0.409. The fourth-order valence-corrected chi connectivity index (χ4v) is 3.31. The van der Waals surface area contributed by atoms with Gasteiger partial charge in [-0.1, -0.05) is 36.4 Å². The third kappa shape index (κ3) is 6.20. The topological polar surface area (TPSA) is 92.3 Å². The number of carbonyl (C=O) groups excluding carboxylic acids is 2. The summed E-state index contributed by atoms with van der Waals surface area (Å²) < 4.78 is 5.11. The maximum Gasteiger partial charge on any atom is 0.329 e. The lowest BCUT2D eigenvalue weighted by Crippen LogP contribution is -2.48. The minimum Gasteiger partial charge on any atom is -0.464 e. The number of nitrogens with zero attached hydrogens (tertiary/aromatic N) is 1. The summed E-state index contributed by atoms with van der Waals surface area (Å²) in [6.07, 6.45) is 3.17. The van der Waals surface area contributed by atoms with Crippen LogP contribution >= 0.6 is 0 Å². The first-order chi connectivity index (χ1) is 14.2. The first-order valence-electron chi connectivity index (χ1n) is 10.1. The van der Waals surface area contributed by atoms with Crippen LogP contribution in [0.2, 0.25) is 0 Å². The van der Waals surface area contributed by atoms with Crippen molar-refractivity contribution in [1.29, 1.82) is 0 Å². The van der Waals surface area contributed by atoms with Gasteiger partial charge in [-0.25, -0.2) is 14.6 Å². The third-order valence-corrected chi connectivity index (χ3v) is 4.78. The highest BCUT2D eigenvalue weighted by Gasteiger charge is 2.22. The maximum absolute atomic E-state index is 12.3. The molecule has 0 bridgehead atoms. The smallest absolute Gasteiger partial charge is 0.329 e. The molecule has 0 spiro atoms. The lowest BCUT2D eigenvalue weighted by molar-refractivity contribution is -0.145. The molecule has 2 heterocycles. The highest BCUT2D eigenvalue weighted by Crippen LogP contribution is 2.19. The van der Waals surface area contributed by atoms with Crippen LogP contribution in [0.25, 0.3) is 0 Å². The molecule has 1 unspecified atom stereocenters. The van der Waals surface area contributed by atoms with E-state index in [1.807, 2.05) is 36.4 Å². The van der Waals surface area contributed by atoms with Gasteiger partial charge in [0.2, 0.25) is 0 Å². The van der Waals surface area contributed by atoms with Crippen molar-refractivity contribution in [3.63, 3.8) is 0 Å². The molecule has 7 nitrogen and oxygen atoms in total. The Morgan fingerprint density at radius 2 is 2.03 bits per heavy atom. The van der Waals surface area contributed by atoms with Crippen molar-refractivity contribution in [2.24, 2.45) is 0 Å². The van der Waals surface area contributed by atoms with Gasteiger partial charge in [0.1, 0.15) is 11.9 Å². The van der Waals surface area contributed by atoms with E-state index in [2.05, 4.69) is 27.0 Å². The van der Waals surface area contributed by atoms with Crippen LogP contribution in [0.4, 0.5) is 10.6 Å². The molecular weight excluding hydrogens is 368 g/mol. The van der Waals surface area contributed by atoms with Crippen molar-refractivity contribution in [3.05, 3.63) is 59.3 Å². The quantitative estimate of drug-likeness (QED) is 0.596. The van der Waals surface area contributed by atoms with Gasteiger partial charge < -0.3 is 20.7 Å². The van der Waals surface area contributed by atoms with Gasteiger partial charge >= 0.3 is 12.0 Å². The molecule has 29 heavy (non-hydrogen) atoms. The molecule has 1 aliphatic heterocycles. The molecule has 3 N–H and O–H groups in total. The van der Waals surface area contributed by atoms with Crippen molar-refractivity contribution < 1.29 is 14.3 Å². The molecule has 3 rings (SSSR count). The van der Waals surface area contributed by atoms with Crippen LogP contribution in [0, 0.1) is 0 Å². The van der Waals surface area contributed by atoms with Crippen LogP contribution in [0.15, 0.2) is 42.5 Å². The molecule has 0 radical (unpaired) electrons. The van der Waals surface area contributed by atoms with Crippen molar-refractivity contribution in [1.82, 2.24) is 15.6 Å². The van der Waals surface area contributed by atoms with Gasteiger partial charge in [0.15, 0.2) is 0 Å². The summed E-state index contributed by atoms with van der Waals surface area (Å²) in [6.45, 7) is 3.39. The van der Waals surface area contributed by atoms with E-state index in [1.165, 1.54) is 5.56 Å². The Balaban J connectivity index is 1.51.